The van der Waals surface area contributed by atoms with Crippen molar-refractivity contribution in [2.75, 3.05) is 132 Å². The van der Waals surface area contributed by atoms with Crippen LogP contribution >= 0.6 is 46.4 Å². The number of aromatic amines is 3. The summed E-state index contributed by atoms with van der Waals surface area (Å²) in [5.41, 5.74) is 12.9. The summed E-state index contributed by atoms with van der Waals surface area (Å²) in [6.45, 7) is 51.7. The Morgan fingerprint density at radius 1 is 0.417 bits per heavy atom. The van der Waals surface area contributed by atoms with Crippen molar-refractivity contribution in [3.05, 3.63) is 206 Å². The van der Waals surface area contributed by atoms with Crippen LogP contribution in [0.25, 0.3) is 76.3 Å². The average molecular weight is 2150 g/mol. The Morgan fingerprint density at radius 2 is 0.757 bits per heavy atom. The lowest BCUT2D eigenvalue weighted by atomic mass is 10.1. The number of H-pyrrole nitrogens is 3. The maximum atomic E-state index is 12.0. The molecule has 0 saturated heterocycles. The molecule has 0 radical (unpaired) electrons. The van der Waals surface area contributed by atoms with Crippen molar-refractivity contribution >= 4 is 172 Å². The highest BCUT2D eigenvalue weighted by atomic mass is 35.5. The van der Waals surface area contributed by atoms with Gasteiger partial charge in [-0.2, -0.15) is 10.5 Å². The third kappa shape index (κ3) is 27.6. The molecule has 0 fully saturated rings. The second-order valence-corrected chi connectivity index (χ2v) is 61.3. The Kier molecular flexibility index (Phi) is 41.1. The number of amidine groups is 1. The fourth-order valence-electron chi connectivity index (χ4n) is 22.4. The van der Waals surface area contributed by atoms with Crippen LogP contribution in [0.4, 0.5) is 0 Å². The number of ether oxygens (including phenoxy) is 7. The Labute approximate surface area is 882 Å². The van der Waals surface area contributed by atoms with Gasteiger partial charge >= 0.3 is 0 Å². The van der Waals surface area contributed by atoms with Gasteiger partial charge in [-0.15, -0.1) is 0 Å². The number of fused-ring (bicyclic) bond motifs is 7. The minimum absolute atomic E-state index is 0. The van der Waals surface area contributed by atoms with Gasteiger partial charge in [0, 0.05) is 173 Å². The number of methoxy groups -OCH3 is 7. The molecule has 0 bridgehead atoms. The molecule has 35 heteroatoms. The number of rotatable bonds is 21. The van der Waals surface area contributed by atoms with Crippen molar-refractivity contribution in [1.29, 1.82) is 10.5 Å². The van der Waals surface area contributed by atoms with E-state index in [2.05, 4.69) is 277 Å². The molecule has 4 N–H and O–H groups in total. The molecule has 1 aliphatic rings. The highest BCUT2D eigenvalue weighted by Crippen LogP contribution is 2.65. The first-order chi connectivity index (χ1) is 66.4. The van der Waals surface area contributed by atoms with Crippen LogP contribution in [0.5, 0.6) is 40.2 Å². The van der Waals surface area contributed by atoms with Crippen LogP contribution < -0.4 is 50.9 Å². The molecule has 15 rings (SSSR count). The molecule has 0 amide bonds. The SMILES string of the molecule is C=[N+](C)C.COc1cc(Cl)c2c(CC#N)c[nH]c2c1.COc1cc(Cl)c2c(CC#N)cn(S(C)(=O)=O)c2c1.COc1cc(Cl)c2c(CC3=NCCN3)cn(S(C)(=O)=O)c2c1.COc1cc(Cl)c2c(CN(C)C)cn([Si](C(C)(C)C)(C(C)(C)C)C(C)(C)C)c2c1.COc1ccc2c(CN(C)C)c[nH]c2c1.COc1ccc2c(CN(C)C)cn([Si](C(C)(C)C)(C(C)(C)C)C(C)(C)C)c2c1.COc1ccc2cc[nH]c2c1.[Cl-]. The summed E-state index contributed by atoms with van der Waals surface area (Å²) in [6, 6.07) is 39.1. The monoisotopic (exact) mass is 2140 g/mol. The van der Waals surface area contributed by atoms with Gasteiger partial charge in [0.05, 0.1) is 130 Å². The van der Waals surface area contributed by atoms with E-state index in [-0.39, 0.29) is 49.1 Å². The van der Waals surface area contributed by atoms with E-state index in [1.807, 2.05) is 74.9 Å². The van der Waals surface area contributed by atoms with E-state index in [0.717, 1.165) is 122 Å². The number of nitrogens with zero attached hydrogens (tertiary/aromatic N) is 11. The van der Waals surface area contributed by atoms with Crippen LogP contribution in [-0.2, 0) is 58.9 Å². The topological polar surface area (TPSA) is 285 Å². The van der Waals surface area contributed by atoms with Gasteiger partial charge < -0.3 is 89.0 Å². The van der Waals surface area contributed by atoms with Crippen molar-refractivity contribution in [3.63, 3.8) is 0 Å². The smallest absolute Gasteiger partial charge is 0.236 e. The summed E-state index contributed by atoms with van der Waals surface area (Å²) in [4.78, 5) is 20.4. The van der Waals surface area contributed by atoms with Gasteiger partial charge in [0.15, 0.2) is 16.5 Å². The van der Waals surface area contributed by atoms with E-state index < -0.39 is 36.5 Å². The fourth-order valence-corrected chi connectivity index (χ4v) is 44.9. The summed E-state index contributed by atoms with van der Waals surface area (Å²) >= 11 is 25.4. The second kappa shape index (κ2) is 49.0. The molecule has 7 aromatic carbocycles. The molecule has 14 aromatic rings. The van der Waals surface area contributed by atoms with Gasteiger partial charge in [0.25, 0.3) is 0 Å². The second-order valence-electron chi connectivity index (χ2n) is 43.2. The largest absolute Gasteiger partial charge is 1.00 e. The summed E-state index contributed by atoms with van der Waals surface area (Å²) < 4.78 is 94.0. The van der Waals surface area contributed by atoms with Crippen molar-refractivity contribution < 1.29 is 67.0 Å². The molecule has 0 spiro atoms. The lowest BCUT2D eigenvalue weighted by Crippen LogP contribution is -3.00. The van der Waals surface area contributed by atoms with E-state index in [9.17, 15) is 16.8 Å². The van der Waals surface area contributed by atoms with Gasteiger partial charge in [0.2, 0.25) is 20.0 Å². The molecule has 8 heterocycles. The summed E-state index contributed by atoms with van der Waals surface area (Å²) in [7, 11) is 16.5. The van der Waals surface area contributed by atoms with Crippen molar-refractivity contribution in [2.45, 2.75) is 194 Å². The first kappa shape index (κ1) is 121. The Bertz CT molecular complexity index is 7100. The van der Waals surface area contributed by atoms with E-state index in [4.69, 9.17) is 90.1 Å². The predicted octanol–water partition coefficient (Wildman–Crippen LogP) is 22.6. The third-order valence-electron chi connectivity index (χ3n) is 25.3. The van der Waals surface area contributed by atoms with E-state index in [1.165, 1.54) is 68.3 Å². The lowest BCUT2D eigenvalue weighted by molar-refractivity contribution is -0.454. The Morgan fingerprint density at radius 3 is 1.18 bits per heavy atom. The minimum Gasteiger partial charge on any atom is -1.00 e. The standard InChI is InChI=1S/C24H41ClN2OSi.C24H42N2OSi.C14H16ClN3O3S.C12H11ClN2O3S.C12H16N2O.C11H9ClN2O.C9H9NO.C3H8N.ClH/c1-22(2,3)29(23(4,5)6,24(7,8)9)27-16-17(15-26(10)11)21-19(25)13-18(28-12)14-20(21)27;1-22(2,3)28(23(4,5)6,24(7,8)9)26-17-18(16-25(10)11)20-14-13-19(27-12)15-21(20)26;1-21-10-6-11(15)14-9(5-13-16-3-4-17-13)8-18(12(14)7-10)22(2,19)20;1-18-9-5-10(13)12-8(3-4-14)7-15(11(12)6-9)19(2,16)17;1-14(2)8-9-7-13-12-6-10(15-3)4-5-11(9)12;1-15-8-4-9(12)11-7(2-3-13)6-14-10(11)5-8;1-11-8-3-2-7-4-5-10-9(7)6-8;1-4(2)3;/h13-14,16H,15H2,1-12H3;13-15,17H,16H2,1-12H3;6-8H,3-5H2,1-2H3,(H,16,17);5-7H,3H2,1-2H3;4-7,13H,8H2,1-3H3;4-6,14H,2H2,1H3;2-6,10H,1H3;1H2,2-3H3;1H/q;;;;;;;+1;/p-1. The van der Waals surface area contributed by atoms with Gasteiger partial charge in [-0.25, -0.2) is 29.4 Å². The van der Waals surface area contributed by atoms with Crippen LogP contribution in [0.3, 0.4) is 0 Å². The van der Waals surface area contributed by atoms with Crippen LogP contribution in [0.15, 0.2) is 158 Å². The maximum absolute atomic E-state index is 12.0. The van der Waals surface area contributed by atoms with Crippen LogP contribution in [0, 0.1) is 22.7 Å². The van der Waals surface area contributed by atoms with Gasteiger partial charge in [-0.3, -0.25) is 4.99 Å². The van der Waals surface area contributed by atoms with E-state index >= 15 is 0 Å². The average Bonchev–Trinajstić information content (AvgIpc) is 0.916. The molecule has 1 aliphatic heterocycles. The van der Waals surface area contributed by atoms with E-state index in [1.54, 1.807) is 82.9 Å². The molecule has 144 heavy (non-hydrogen) atoms. The van der Waals surface area contributed by atoms with Gasteiger partial charge in [0.1, 0.15) is 66.9 Å². The predicted molar refractivity (Wildman–Crippen MR) is 604 cm³/mol. The van der Waals surface area contributed by atoms with Crippen molar-refractivity contribution in [2.24, 2.45) is 4.99 Å². The quantitative estimate of drug-likeness (QED) is 0.0295. The maximum Gasteiger partial charge on any atom is 0.236 e. The number of nitriles is 2. The number of aromatic nitrogens is 7. The number of benzene rings is 7. The van der Waals surface area contributed by atoms with Crippen molar-refractivity contribution in [1.82, 2.24) is 51.4 Å². The highest BCUT2D eigenvalue weighted by Gasteiger charge is 2.64. The zero-order valence-corrected chi connectivity index (χ0v) is 98.3. The number of halogens is 5. The zero-order chi connectivity index (χ0) is 107. The van der Waals surface area contributed by atoms with Crippen LogP contribution in [-0.4, -0.2) is 228 Å². The fraction of sp³-hybridized carbons (Fsp3) is 0.450. The number of nitrogens with one attached hydrogen (secondary N) is 4. The molecular weight excluding hydrogens is 1990 g/mol. The van der Waals surface area contributed by atoms with Crippen molar-refractivity contribution in [3.8, 4) is 52.4 Å². The molecular formula is C109H152Cl5N15O11S2Si2. The first-order valence-corrected chi connectivity index (χ1v) is 56.3. The number of hydrogen-bond acceptors (Lipinski definition) is 18. The Hall–Kier alpha value is -10.3. The minimum atomic E-state index is -3.48. The molecule has 7 aromatic heterocycles. The van der Waals surface area contributed by atoms with Crippen LogP contribution in [0.2, 0.25) is 50.3 Å². The molecule has 0 saturated carbocycles. The van der Waals surface area contributed by atoms with Gasteiger partial charge in [-0.05, 0) is 178 Å². The molecule has 26 nitrogen and oxygen atoms in total. The first-order valence-electron chi connectivity index (χ1n) is 47.2. The summed E-state index contributed by atoms with van der Waals surface area (Å²) in [5.74, 6) is 6.06. The normalized spacial score (nSPS) is 12.6. The van der Waals surface area contributed by atoms with E-state index in [0.29, 0.717) is 72.5 Å². The number of hydrogen-bond donors (Lipinski definition) is 4. The zero-order valence-electron chi connectivity index (χ0n) is 90.9. The molecule has 0 atom stereocenters. The summed E-state index contributed by atoms with van der Waals surface area (Å²) in [6.07, 6.45) is 16.9. The van der Waals surface area contributed by atoms with Crippen LogP contribution in [0.1, 0.15) is 158 Å². The molecule has 784 valence electrons. The number of aliphatic imine (C=N–C) groups is 1. The molecule has 0 aliphatic carbocycles. The lowest BCUT2D eigenvalue weighted by Gasteiger charge is -2.59. The van der Waals surface area contributed by atoms with Gasteiger partial charge in [-0.1, -0.05) is 171 Å². The highest BCUT2D eigenvalue weighted by molar-refractivity contribution is 7.89. The third-order valence-corrected chi connectivity index (χ3v) is 43.7. The Balaban J connectivity index is 0.000000230. The molecule has 0 unspecified atom stereocenters. The summed E-state index contributed by atoms with van der Waals surface area (Å²) in [5, 5.41) is 30.9.